The number of aromatic nitrogens is 2. The normalized spacial score (nSPS) is 15.1. The Morgan fingerprint density at radius 1 is 0.900 bits per heavy atom. The van der Waals surface area contributed by atoms with Crippen LogP contribution in [0.4, 0.5) is 0 Å². The molecule has 30 heavy (non-hydrogen) atoms. The van der Waals surface area contributed by atoms with E-state index in [-0.39, 0.29) is 11.9 Å². The van der Waals surface area contributed by atoms with Crippen LogP contribution in [0.25, 0.3) is 0 Å². The van der Waals surface area contributed by atoms with E-state index in [9.17, 15) is 4.79 Å². The van der Waals surface area contributed by atoms with Gasteiger partial charge in [0.1, 0.15) is 7.85 Å². The molecule has 2 aromatic heterocycles. The van der Waals surface area contributed by atoms with E-state index in [1.54, 1.807) is 24.7 Å². The molecule has 3 heterocycles. The molecule has 1 saturated heterocycles. The van der Waals surface area contributed by atoms with Crippen molar-refractivity contribution >= 4 is 19.2 Å². The van der Waals surface area contributed by atoms with Gasteiger partial charge in [-0.05, 0) is 17.2 Å². The second-order valence-electron chi connectivity index (χ2n) is 6.93. The highest BCUT2D eigenvalue weighted by atomic mass is 16.2. The summed E-state index contributed by atoms with van der Waals surface area (Å²) >= 11 is 0. The minimum Gasteiger partial charge on any atom is -0.336 e. The van der Waals surface area contributed by atoms with Gasteiger partial charge in [0.2, 0.25) is 0 Å². The summed E-state index contributed by atoms with van der Waals surface area (Å²) < 4.78 is 0. The quantitative estimate of drug-likeness (QED) is 0.635. The van der Waals surface area contributed by atoms with Gasteiger partial charge in [-0.2, -0.15) is 0 Å². The van der Waals surface area contributed by atoms with Crippen molar-refractivity contribution in [3.05, 3.63) is 90.0 Å². The zero-order chi connectivity index (χ0) is 21.3. The van der Waals surface area contributed by atoms with Gasteiger partial charge in [-0.25, -0.2) is 0 Å². The predicted molar refractivity (Wildman–Crippen MR) is 121 cm³/mol. The van der Waals surface area contributed by atoms with Gasteiger partial charge in [-0.15, -0.1) is 0 Å². The molecule has 0 bridgehead atoms. The second kappa shape index (κ2) is 10.7. The summed E-state index contributed by atoms with van der Waals surface area (Å²) in [7, 11) is 5.77. The second-order valence-corrected chi connectivity index (χ2v) is 6.93. The van der Waals surface area contributed by atoms with Gasteiger partial charge in [0, 0.05) is 51.0 Å². The molecule has 1 aliphatic heterocycles. The lowest BCUT2D eigenvalue weighted by molar-refractivity contribution is 0.0597. The summed E-state index contributed by atoms with van der Waals surface area (Å²) in [6.07, 6.45) is 6.84. The topological polar surface area (TPSA) is 49.3 Å². The Bertz CT molecular complexity index is 889. The molecule has 0 saturated carbocycles. The standard InChI is InChI=1S/C22H21BN4O.C2H6/c23-20-13-19(15-25-16-20)22(28)27-11-9-26(10-12-27)21(17-5-2-1-3-6-17)18-7-4-8-24-14-18;1-2/h1-8,13-16,21H,9-12H2;1-2H3. The van der Waals surface area contributed by atoms with Crippen LogP contribution < -0.4 is 5.46 Å². The van der Waals surface area contributed by atoms with Gasteiger partial charge >= 0.3 is 0 Å². The van der Waals surface area contributed by atoms with Crippen LogP contribution in [0, 0.1) is 0 Å². The highest BCUT2D eigenvalue weighted by Crippen LogP contribution is 2.29. The van der Waals surface area contributed by atoms with Crippen molar-refractivity contribution in [2.75, 3.05) is 26.2 Å². The maximum absolute atomic E-state index is 12.8. The number of pyridine rings is 2. The highest BCUT2D eigenvalue weighted by Gasteiger charge is 2.28. The largest absolute Gasteiger partial charge is 0.336 e. The van der Waals surface area contributed by atoms with Crippen molar-refractivity contribution in [3.8, 4) is 0 Å². The number of amides is 1. The monoisotopic (exact) mass is 398 g/mol. The third-order valence-electron chi connectivity index (χ3n) is 5.09. The smallest absolute Gasteiger partial charge is 0.255 e. The summed E-state index contributed by atoms with van der Waals surface area (Å²) in [5, 5.41) is 0. The molecule has 0 aliphatic carbocycles. The van der Waals surface area contributed by atoms with Crippen LogP contribution in [0.2, 0.25) is 0 Å². The Labute approximate surface area is 180 Å². The van der Waals surface area contributed by atoms with Crippen molar-refractivity contribution in [1.82, 2.24) is 19.8 Å². The fourth-order valence-electron chi connectivity index (χ4n) is 3.73. The molecule has 1 fully saturated rings. The van der Waals surface area contributed by atoms with Crippen LogP contribution in [0.15, 0.2) is 73.3 Å². The van der Waals surface area contributed by atoms with Gasteiger partial charge in [0.05, 0.1) is 11.6 Å². The van der Waals surface area contributed by atoms with Crippen molar-refractivity contribution < 1.29 is 4.79 Å². The first-order valence-corrected chi connectivity index (χ1v) is 10.4. The van der Waals surface area contributed by atoms with Crippen LogP contribution in [0.5, 0.6) is 0 Å². The number of carbonyl (C=O) groups is 1. The Kier molecular flexibility index (Phi) is 7.74. The van der Waals surface area contributed by atoms with E-state index < -0.39 is 0 Å². The van der Waals surface area contributed by atoms with E-state index in [0.717, 1.165) is 18.7 Å². The molecule has 0 spiro atoms. The molecule has 1 atom stereocenters. The first-order valence-electron chi connectivity index (χ1n) is 10.4. The number of rotatable bonds is 4. The molecular formula is C24H27BN4O. The molecule has 1 amide bonds. The SMILES string of the molecule is CC.[B]c1cncc(C(=O)N2CCN(C(c3ccccc3)c3cccnc3)CC2)c1. The van der Waals surface area contributed by atoms with Crippen LogP contribution in [-0.4, -0.2) is 59.7 Å². The molecule has 1 aliphatic rings. The van der Waals surface area contributed by atoms with Crippen molar-refractivity contribution in [2.24, 2.45) is 0 Å². The van der Waals surface area contributed by atoms with Gasteiger partial charge in [-0.3, -0.25) is 19.7 Å². The minimum absolute atomic E-state index is 0.0166. The van der Waals surface area contributed by atoms with Crippen LogP contribution in [-0.2, 0) is 0 Å². The summed E-state index contributed by atoms with van der Waals surface area (Å²) in [5.41, 5.74) is 3.44. The summed E-state index contributed by atoms with van der Waals surface area (Å²) in [6, 6.07) is 16.3. The fraction of sp³-hybridized carbons (Fsp3) is 0.292. The van der Waals surface area contributed by atoms with Crippen molar-refractivity contribution in [1.29, 1.82) is 0 Å². The van der Waals surface area contributed by atoms with E-state index in [4.69, 9.17) is 7.85 Å². The van der Waals surface area contributed by atoms with E-state index in [2.05, 4.69) is 45.2 Å². The van der Waals surface area contributed by atoms with Gasteiger partial charge in [0.15, 0.2) is 0 Å². The van der Waals surface area contributed by atoms with Crippen molar-refractivity contribution in [2.45, 2.75) is 19.9 Å². The molecule has 2 radical (unpaired) electrons. The van der Waals surface area contributed by atoms with E-state index in [1.165, 1.54) is 5.56 Å². The highest BCUT2D eigenvalue weighted by molar-refractivity contribution is 6.32. The van der Waals surface area contributed by atoms with Crippen LogP contribution >= 0.6 is 0 Å². The first-order chi connectivity index (χ1) is 14.7. The number of piperazine rings is 1. The van der Waals surface area contributed by atoms with Gasteiger partial charge < -0.3 is 4.90 Å². The zero-order valence-corrected chi connectivity index (χ0v) is 17.6. The minimum atomic E-state index is -0.0166. The molecule has 1 unspecified atom stereocenters. The molecule has 1 aromatic carbocycles. The van der Waals surface area contributed by atoms with Gasteiger partial charge in [-0.1, -0.05) is 61.8 Å². The number of hydrogen-bond donors (Lipinski definition) is 0. The average molecular weight is 398 g/mol. The fourth-order valence-corrected chi connectivity index (χ4v) is 3.73. The predicted octanol–water partition coefficient (Wildman–Crippen LogP) is 2.84. The van der Waals surface area contributed by atoms with Crippen LogP contribution in [0.1, 0.15) is 41.4 Å². The number of hydrogen-bond acceptors (Lipinski definition) is 4. The Hall–Kier alpha value is -2.99. The Morgan fingerprint density at radius 3 is 2.23 bits per heavy atom. The summed E-state index contributed by atoms with van der Waals surface area (Å²) in [6.45, 7) is 6.90. The lowest BCUT2D eigenvalue weighted by Crippen LogP contribution is -2.50. The molecule has 5 nitrogen and oxygen atoms in total. The van der Waals surface area contributed by atoms with E-state index in [1.807, 2.05) is 37.1 Å². The van der Waals surface area contributed by atoms with Crippen LogP contribution in [0.3, 0.4) is 0 Å². The lowest BCUT2D eigenvalue weighted by atomic mass is 9.96. The maximum atomic E-state index is 12.8. The van der Waals surface area contributed by atoms with Crippen molar-refractivity contribution in [3.63, 3.8) is 0 Å². The molecular weight excluding hydrogens is 371 g/mol. The van der Waals surface area contributed by atoms with Gasteiger partial charge in [0.25, 0.3) is 5.91 Å². The maximum Gasteiger partial charge on any atom is 0.255 e. The lowest BCUT2D eigenvalue weighted by Gasteiger charge is -2.39. The number of nitrogens with zero attached hydrogens (tertiary/aromatic N) is 4. The summed E-state index contributed by atoms with van der Waals surface area (Å²) in [5.74, 6) is -0.0166. The third-order valence-corrected chi connectivity index (χ3v) is 5.09. The molecule has 4 rings (SSSR count). The average Bonchev–Trinajstić information content (AvgIpc) is 2.82. The Morgan fingerprint density at radius 2 is 1.60 bits per heavy atom. The number of benzene rings is 1. The zero-order valence-electron chi connectivity index (χ0n) is 17.6. The molecule has 3 aromatic rings. The molecule has 6 heteroatoms. The Balaban J connectivity index is 0.00000124. The number of carbonyl (C=O) groups excluding carboxylic acids is 1. The molecule has 152 valence electrons. The van der Waals surface area contributed by atoms with E-state index >= 15 is 0 Å². The summed E-state index contributed by atoms with van der Waals surface area (Å²) in [4.78, 5) is 25.4. The van der Waals surface area contributed by atoms with E-state index in [0.29, 0.717) is 24.1 Å². The third kappa shape index (κ3) is 5.13. The molecule has 0 N–H and O–H groups in total. The first kappa shape index (κ1) is 21.7.